The smallest absolute Gasteiger partial charge is 0.471 e. The van der Waals surface area contributed by atoms with E-state index in [-0.39, 0.29) is 6.42 Å². The van der Waals surface area contributed by atoms with Gasteiger partial charge in [-0.25, -0.2) is 0 Å². The summed E-state index contributed by atoms with van der Waals surface area (Å²) in [5.74, 6) is -0.750. The number of methoxy groups -OCH3 is 2. The molecule has 0 aromatic heterocycles. The second-order valence-corrected chi connectivity index (χ2v) is 5.35. The molecule has 1 N–H and O–H groups in total. The van der Waals surface area contributed by atoms with Crippen LogP contribution in [0.1, 0.15) is 17.2 Å². The minimum absolute atomic E-state index is 0.206. The summed E-state index contributed by atoms with van der Waals surface area (Å²) in [6.45, 7) is 0. The van der Waals surface area contributed by atoms with Crippen molar-refractivity contribution in [2.45, 2.75) is 18.6 Å². The van der Waals surface area contributed by atoms with Crippen LogP contribution in [0.3, 0.4) is 0 Å². The van der Waals surface area contributed by atoms with Crippen LogP contribution in [0.2, 0.25) is 0 Å². The summed E-state index contributed by atoms with van der Waals surface area (Å²) in [4.78, 5) is 11.4. The Labute approximate surface area is 143 Å². The van der Waals surface area contributed by atoms with Crippen LogP contribution in [0, 0.1) is 0 Å². The van der Waals surface area contributed by atoms with Crippen molar-refractivity contribution in [1.29, 1.82) is 0 Å². The third kappa shape index (κ3) is 5.14. The highest BCUT2D eigenvalue weighted by Gasteiger charge is 2.39. The van der Waals surface area contributed by atoms with E-state index in [0.717, 1.165) is 5.56 Å². The highest BCUT2D eigenvalue weighted by Crippen LogP contribution is 2.24. The highest BCUT2D eigenvalue weighted by atomic mass is 19.4. The largest absolute Gasteiger partial charge is 0.497 e. The topological polar surface area (TPSA) is 47.6 Å². The number of carbonyl (C=O) groups is 1. The molecule has 0 saturated heterocycles. The van der Waals surface area contributed by atoms with Crippen molar-refractivity contribution in [3.05, 3.63) is 59.7 Å². The number of ether oxygens (including phenoxy) is 2. The molecule has 1 atom stereocenters. The van der Waals surface area contributed by atoms with Crippen LogP contribution >= 0.6 is 0 Å². The fourth-order valence-corrected chi connectivity index (χ4v) is 2.33. The third-order valence-electron chi connectivity index (χ3n) is 3.68. The van der Waals surface area contributed by atoms with Crippen LogP contribution in [-0.2, 0) is 11.2 Å². The lowest BCUT2D eigenvalue weighted by atomic mass is 9.98. The van der Waals surface area contributed by atoms with E-state index in [1.165, 1.54) is 14.2 Å². The van der Waals surface area contributed by atoms with Gasteiger partial charge >= 0.3 is 12.1 Å². The summed E-state index contributed by atoms with van der Waals surface area (Å²) in [6.07, 6.45) is -4.73. The Morgan fingerprint density at radius 1 is 0.960 bits per heavy atom. The number of hydrogen-bond acceptors (Lipinski definition) is 3. The van der Waals surface area contributed by atoms with E-state index in [1.807, 2.05) is 0 Å². The number of alkyl halides is 3. The van der Waals surface area contributed by atoms with E-state index < -0.39 is 18.1 Å². The minimum Gasteiger partial charge on any atom is -0.497 e. The van der Waals surface area contributed by atoms with E-state index in [0.29, 0.717) is 17.1 Å². The van der Waals surface area contributed by atoms with E-state index >= 15 is 0 Å². The molecule has 4 nitrogen and oxygen atoms in total. The zero-order valence-electron chi connectivity index (χ0n) is 13.8. The lowest BCUT2D eigenvalue weighted by Gasteiger charge is -2.20. The summed E-state index contributed by atoms with van der Waals surface area (Å²) < 4.78 is 48.0. The molecule has 25 heavy (non-hydrogen) atoms. The Balaban J connectivity index is 2.24. The molecule has 2 aromatic carbocycles. The van der Waals surface area contributed by atoms with Gasteiger partial charge in [0.25, 0.3) is 0 Å². The Morgan fingerprint density at radius 2 is 1.44 bits per heavy atom. The highest BCUT2D eigenvalue weighted by molar-refractivity contribution is 5.82. The summed E-state index contributed by atoms with van der Waals surface area (Å²) >= 11 is 0. The number of halogens is 3. The molecule has 0 saturated carbocycles. The van der Waals surface area contributed by atoms with Crippen molar-refractivity contribution >= 4 is 5.91 Å². The van der Waals surface area contributed by atoms with Gasteiger partial charge in [-0.15, -0.1) is 0 Å². The van der Waals surface area contributed by atoms with Crippen molar-refractivity contribution in [3.8, 4) is 11.5 Å². The lowest BCUT2D eigenvalue weighted by molar-refractivity contribution is -0.174. The maximum Gasteiger partial charge on any atom is 0.471 e. The number of amides is 1. The average Bonchev–Trinajstić information content (AvgIpc) is 2.61. The molecule has 0 radical (unpaired) electrons. The molecule has 0 fully saturated rings. The van der Waals surface area contributed by atoms with Crippen LogP contribution in [0.5, 0.6) is 11.5 Å². The first kappa shape index (κ1) is 18.6. The number of nitrogens with one attached hydrogen (secondary N) is 1. The van der Waals surface area contributed by atoms with Gasteiger partial charge in [0.1, 0.15) is 11.5 Å². The predicted molar refractivity (Wildman–Crippen MR) is 86.6 cm³/mol. The SMILES string of the molecule is COc1ccc(CC(NC(=O)C(F)(F)F)c2ccc(OC)cc2)cc1. The van der Waals surface area contributed by atoms with Crippen molar-refractivity contribution in [1.82, 2.24) is 5.32 Å². The molecule has 0 spiro atoms. The molecule has 7 heteroatoms. The molecular weight excluding hydrogens is 335 g/mol. The van der Waals surface area contributed by atoms with Gasteiger partial charge in [0, 0.05) is 0 Å². The zero-order valence-corrected chi connectivity index (χ0v) is 13.8. The quantitative estimate of drug-likeness (QED) is 0.862. The third-order valence-corrected chi connectivity index (χ3v) is 3.68. The molecule has 0 bridgehead atoms. The van der Waals surface area contributed by atoms with Crippen molar-refractivity contribution in [3.63, 3.8) is 0 Å². The first-order chi connectivity index (χ1) is 11.8. The lowest BCUT2D eigenvalue weighted by Crippen LogP contribution is -2.39. The average molecular weight is 353 g/mol. The second kappa shape index (κ2) is 7.92. The Kier molecular flexibility index (Phi) is 5.90. The molecule has 0 aliphatic carbocycles. The molecule has 0 heterocycles. The van der Waals surface area contributed by atoms with Crippen LogP contribution in [0.25, 0.3) is 0 Å². The Morgan fingerprint density at radius 3 is 1.88 bits per heavy atom. The maximum atomic E-state index is 12.6. The summed E-state index contributed by atoms with van der Waals surface area (Å²) in [6, 6.07) is 12.6. The predicted octanol–water partition coefficient (Wildman–Crippen LogP) is 3.67. The fourth-order valence-electron chi connectivity index (χ4n) is 2.33. The van der Waals surface area contributed by atoms with Gasteiger partial charge in [0.2, 0.25) is 0 Å². The van der Waals surface area contributed by atoms with Gasteiger partial charge in [-0.05, 0) is 41.8 Å². The van der Waals surface area contributed by atoms with Crippen LogP contribution in [0.15, 0.2) is 48.5 Å². The number of rotatable bonds is 6. The standard InChI is InChI=1S/C18H18F3NO3/c1-24-14-7-3-12(4-8-14)11-16(22-17(23)18(19,20)21)13-5-9-15(25-2)10-6-13/h3-10,16H,11H2,1-2H3,(H,22,23). The summed E-state index contributed by atoms with van der Waals surface area (Å²) in [5, 5.41) is 2.05. The van der Waals surface area contributed by atoms with E-state index in [1.54, 1.807) is 48.5 Å². The molecule has 0 aliphatic heterocycles. The van der Waals surface area contributed by atoms with Crippen LogP contribution in [0.4, 0.5) is 13.2 Å². The van der Waals surface area contributed by atoms with Crippen LogP contribution < -0.4 is 14.8 Å². The normalized spacial score (nSPS) is 12.4. The van der Waals surface area contributed by atoms with E-state index in [4.69, 9.17) is 9.47 Å². The summed E-state index contributed by atoms with van der Waals surface area (Å²) in [5.41, 5.74) is 1.32. The fraction of sp³-hybridized carbons (Fsp3) is 0.278. The van der Waals surface area contributed by atoms with Crippen molar-refractivity contribution in [2.24, 2.45) is 0 Å². The van der Waals surface area contributed by atoms with Gasteiger partial charge in [-0.2, -0.15) is 13.2 Å². The minimum atomic E-state index is -4.94. The van der Waals surface area contributed by atoms with Crippen LogP contribution in [-0.4, -0.2) is 26.3 Å². The first-order valence-electron chi connectivity index (χ1n) is 7.48. The van der Waals surface area contributed by atoms with Crippen molar-refractivity contribution in [2.75, 3.05) is 14.2 Å². The Bertz CT molecular complexity index is 697. The molecule has 1 unspecified atom stereocenters. The molecule has 134 valence electrons. The van der Waals surface area contributed by atoms with E-state index in [2.05, 4.69) is 5.32 Å². The molecule has 2 rings (SSSR count). The number of benzene rings is 2. The van der Waals surface area contributed by atoms with Gasteiger partial charge in [-0.3, -0.25) is 4.79 Å². The van der Waals surface area contributed by atoms with Crippen molar-refractivity contribution < 1.29 is 27.4 Å². The maximum absolute atomic E-state index is 12.6. The van der Waals surface area contributed by atoms with Gasteiger partial charge < -0.3 is 14.8 Å². The van der Waals surface area contributed by atoms with Gasteiger partial charge in [0.15, 0.2) is 0 Å². The molecule has 0 aliphatic rings. The molecular formula is C18H18F3NO3. The zero-order chi connectivity index (χ0) is 18.4. The summed E-state index contributed by atoms with van der Waals surface area (Å²) in [7, 11) is 3.02. The monoisotopic (exact) mass is 353 g/mol. The number of carbonyl (C=O) groups excluding carboxylic acids is 1. The first-order valence-corrected chi connectivity index (χ1v) is 7.48. The second-order valence-electron chi connectivity index (χ2n) is 5.35. The van der Waals surface area contributed by atoms with E-state index in [9.17, 15) is 18.0 Å². The Hall–Kier alpha value is -2.70. The molecule has 1 amide bonds. The van der Waals surface area contributed by atoms with Gasteiger partial charge in [0.05, 0.1) is 20.3 Å². The van der Waals surface area contributed by atoms with Gasteiger partial charge in [-0.1, -0.05) is 24.3 Å². The molecule has 2 aromatic rings. The number of hydrogen-bond donors (Lipinski definition) is 1.